The third kappa shape index (κ3) is 7.61. The van der Waals surface area contributed by atoms with Crippen LogP contribution in [0.4, 0.5) is 0 Å². The Morgan fingerprint density at radius 3 is 2.58 bits per heavy atom. The van der Waals surface area contributed by atoms with Crippen molar-refractivity contribution in [3.8, 4) is 6.07 Å². The summed E-state index contributed by atoms with van der Waals surface area (Å²) in [5.74, 6) is 0. The van der Waals surface area contributed by atoms with E-state index >= 15 is 0 Å². The number of rotatable bonds is 9. The van der Waals surface area contributed by atoms with Gasteiger partial charge >= 0.3 is 0 Å². The predicted molar refractivity (Wildman–Crippen MR) is 77.9 cm³/mol. The maximum Gasteiger partial charge on any atom is 0.0976 e. The maximum absolute atomic E-state index is 8.96. The fourth-order valence-electron chi connectivity index (χ4n) is 1.91. The van der Waals surface area contributed by atoms with Crippen molar-refractivity contribution in [1.82, 2.24) is 5.32 Å². The molecule has 0 saturated carbocycles. The van der Waals surface area contributed by atoms with Gasteiger partial charge in [0.05, 0.1) is 12.1 Å². The van der Waals surface area contributed by atoms with E-state index in [0.717, 1.165) is 25.9 Å². The molecule has 0 saturated heterocycles. The fourth-order valence-corrected chi connectivity index (χ4v) is 1.91. The number of hydrogen-bond acceptors (Lipinski definition) is 3. The van der Waals surface area contributed by atoms with Crippen molar-refractivity contribution in [3.63, 3.8) is 0 Å². The first-order valence-corrected chi connectivity index (χ1v) is 6.99. The second-order valence-electron chi connectivity index (χ2n) is 4.99. The van der Waals surface area contributed by atoms with Gasteiger partial charge in [0.2, 0.25) is 0 Å². The molecule has 19 heavy (non-hydrogen) atoms. The minimum absolute atomic E-state index is 0.103. The van der Waals surface area contributed by atoms with Gasteiger partial charge in [-0.1, -0.05) is 30.3 Å². The van der Waals surface area contributed by atoms with Crippen LogP contribution in [0.3, 0.4) is 0 Å². The van der Waals surface area contributed by atoms with Gasteiger partial charge in [-0.25, -0.2) is 0 Å². The number of nitriles is 1. The zero-order chi connectivity index (χ0) is 13.9. The van der Waals surface area contributed by atoms with E-state index in [9.17, 15) is 0 Å². The molecule has 0 fully saturated rings. The molecular weight excluding hydrogens is 236 g/mol. The molecule has 0 heterocycles. The highest BCUT2D eigenvalue weighted by Gasteiger charge is 2.07. The van der Waals surface area contributed by atoms with Crippen LogP contribution < -0.4 is 5.32 Å². The Kier molecular flexibility index (Phi) is 7.88. The van der Waals surface area contributed by atoms with Crippen LogP contribution in [0.1, 0.15) is 32.3 Å². The van der Waals surface area contributed by atoms with E-state index in [2.05, 4.69) is 35.7 Å². The molecule has 1 N–H and O–H groups in total. The Morgan fingerprint density at radius 2 is 1.95 bits per heavy atom. The highest BCUT2D eigenvalue weighted by molar-refractivity contribution is 5.14. The lowest BCUT2D eigenvalue weighted by molar-refractivity contribution is 0.125. The molecule has 0 bridgehead atoms. The topological polar surface area (TPSA) is 45.0 Å². The standard InChI is InChI=1S/C16H24N2O/c1-14(2)18-16(13-17)10-12-19-11-6-9-15-7-4-3-5-8-15/h3-5,7-8,14,16,18H,6,9-12H2,1-2H3. The molecule has 1 unspecified atom stereocenters. The normalized spacial score (nSPS) is 12.3. The largest absolute Gasteiger partial charge is 0.381 e. The van der Waals surface area contributed by atoms with E-state index in [1.807, 2.05) is 19.9 Å². The molecule has 1 aromatic carbocycles. The molecule has 0 radical (unpaired) electrons. The summed E-state index contributed by atoms with van der Waals surface area (Å²) in [6.45, 7) is 5.50. The van der Waals surface area contributed by atoms with Gasteiger partial charge in [0.15, 0.2) is 0 Å². The monoisotopic (exact) mass is 260 g/mol. The number of nitrogens with zero attached hydrogens (tertiary/aromatic N) is 1. The highest BCUT2D eigenvalue weighted by atomic mass is 16.5. The van der Waals surface area contributed by atoms with E-state index in [1.165, 1.54) is 5.56 Å². The summed E-state index contributed by atoms with van der Waals surface area (Å²) in [6.07, 6.45) is 2.83. The van der Waals surface area contributed by atoms with Gasteiger partial charge in [-0.05, 0) is 38.7 Å². The van der Waals surface area contributed by atoms with Crippen molar-refractivity contribution < 1.29 is 4.74 Å². The van der Waals surface area contributed by atoms with E-state index in [1.54, 1.807) is 0 Å². The van der Waals surface area contributed by atoms with Crippen molar-refractivity contribution in [2.75, 3.05) is 13.2 Å². The number of benzene rings is 1. The second-order valence-corrected chi connectivity index (χ2v) is 4.99. The minimum Gasteiger partial charge on any atom is -0.381 e. The summed E-state index contributed by atoms with van der Waals surface area (Å²) in [5, 5.41) is 12.2. The number of aryl methyl sites for hydroxylation is 1. The van der Waals surface area contributed by atoms with Gasteiger partial charge in [0, 0.05) is 19.3 Å². The van der Waals surface area contributed by atoms with Gasteiger partial charge in [0.25, 0.3) is 0 Å². The third-order valence-corrected chi connectivity index (χ3v) is 2.84. The lowest BCUT2D eigenvalue weighted by Gasteiger charge is -2.14. The van der Waals surface area contributed by atoms with Crippen LogP contribution in [0.25, 0.3) is 0 Å². The van der Waals surface area contributed by atoms with Gasteiger partial charge in [-0.3, -0.25) is 5.32 Å². The number of nitrogens with one attached hydrogen (secondary N) is 1. The number of hydrogen-bond donors (Lipinski definition) is 1. The quantitative estimate of drug-likeness (QED) is 0.694. The van der Waals surface area contributed by atoms with E-state index in [4.69, 9.17) is 10.00 Å². The lowest BCUT2D eigenvalue weighted by atomic mass is 10.1. The van der Waals surface area contributed by atoms with Gasteiger partial charge in [-0.15, -0.1) is 0 Å². The predicted octanol–water partition coefficient (Wildman–Crippen LogP) is 2.92. The molecule has 0 aliphatic carbocycles. The van der Waals surface area contributed by atoms with Crippen molar-refractivity contribution in [1.29, 1.82) is 5.26 Å². The van der Waals surface area contributed by atoms with Gasteiger partial charge in [-0.2, -0.15) is 5.26 Å². The van der Waals surface area contributed by atoms with Crippen LogP contribution in [-0.4, -0.2) is 25.3 Å². The Hall–Kier alpha value is -1.37. The molecule has 0 amide bonds. The molecule has 0 aromatic heterocycles. The van der Waals surface area contributed by atoms with Crippen LogP contribution in [0.15, 0.2) is 30.3 Å². The molecule has 0 aliphatic rings. The third-order valence-electron chi connectivity index (χ3n) is 2.84. The minimum atomic E-state index is -0.103. The first-order valence-electron chi connectivity index (χ1n) is 6.99. The summed E-state index contributed by atoms with van der Waals surface area (Å²) < 4.78 is 5.58. The van der Waals surface area contributed by atoms with Crippen LogP contribution in [0.2, 0.25) is 0 Å². The smallest absolute Gasteiger partial charge is 0.0976 e. The van der Waals surface area contributed by atoms with Crippen LogP contribution in [-0.2, 0) is 11.2 Å². The van der Waals surface area contributed by atoms with E-state index in [0.29, 0.717) is 12.6 Å². The molecule has 0 aliphatic heterocycles. The SMILES string of the molecule is CC(C)NC(C#N)CCOCCCc1ccccc1. The average Bonchev–Trinajstić information content (AvgIpc) is 2.42. The van der Waals surface area contributed by atoms with Crippen molar-refractivity contribution in [2.24, 2.45) is 0 Å². The lowest BCUT2D eigenvalue weighted by Crippen LogP contribution is -2.34. The molecule has 1 rings (SSSR count). The fraction of sp³-hybridized carbons (Fsp3) is 0.562. The van der Waals surface area contributed by atoms with Gasteiger partial charge < -0.3 is 4.74 Å². The summed E-state index contributed by atoms with van der Waals surface area (Å²) in [5.41, 5.74) is 1.35. The Bertz CT molecular complexity index is 370. The van der Waals surface area contributed by atoms with Crippen LogP contribution in [0, 0.1) is 11.3 Å². The molecule has 0 spiro atoms. The van der Waals surface area contributed by atoms with E-state index < -0.39 is 0 Å². The van der Waals surface area contributed by atoms with Crippen LogP contribution >= 0.6 is 0 Å². The zero-order valence-electron chi connectivity index (χ0n) is 11.9. The maximum atomic E-state index is 8.96. The van der Waals surface area contributed by atoms with Crippen molar-refractivity contribution in [3.05, 3.63) is 35.9 Å². The Balaban J connectivity index is 2.03. The molecule has 104 valence electrons. The summed E-state index contributed by atoms with van der Waals surface area (Å²) in [7, 11) is 0. The second kappa shape index (κ2) is 9.55. The van der Waals surface area contributed by atoms with E-state index in [-0.39, 0.29) is 6.04 Å². The highest BCUT2D eigenvalue weighted by Crippen LogP contribution is 2.02. The molecule has 3 nitrogen and oxygen atoms in total. The first kappa shape index (κ1) is 15.7. The van der Waals surface area contributed by atoms with Crippen LogP contribution in [0.5, 0.6) is 0 Å². The molecule has 1 aromatic rings. The van der Waals surface area contributed by atoms with Crippen molar-refractivity contribution in [2.45, 2.75) is 45.2 Å². The Labute approximate surface area is 116 Å². The molecule has 3 heteroatoms. The summed E-state index contributed by atoms with van der Waals surface area (Å²) in [4.78, 5) is 0. The Morgan fingerprint density at radius 1 is 1.21 bits per heavy atom. The zero-order valence-corrected chi connectivity index (χ0v) is 11.9. The molecular formula is C16H24N2O. The first-order chi connectivity index (χ1) is 9.22. The summed E-state index contributed by atoms with van der Waals surface area (Å²) >= 11 is 0. The van der Waals surface area contributed by atoms with Gasteiger partial charge in [0.1, 0.15) is 0 Å². The summed E-state index contributed by atoms with van der Waals surface area (Å²) in [6, 6.07) is 12.9. The molecule has 1 atom stereocenters. The number of ether oxygens (including phenoxy) is 1. The average molecular weight is 260 g/mol. The van der Waals surface area contributed by atoms with Crippen molar-refractivity contribution >= 4 is 0 Å².